The molecule has 0 radical (unpaired) electrons. The Morgan fingerprint density at radius 2 is 1.92 bits per heavy atom. The van der Waals surface area contributed by atoms with E-state index in [4.69, 9.17) is 11.5 Å². The van der Waals surface area contributed by atoms with E-state index >= 15 is 0 Å². The third kappa shape index (κ3) is 5.17. The molecule has 6 N–H and O–H groups in total. The fourth-order valence-electron chi connectivity index (χ4n) is 5.11. The van der Waals surface area contributed by atoms with Gasteiger partial charge in [0.1, 0.15) is 5.65 Å². The third-order valence-electron chi connectivity index (χ3n) is 7.04. The summed E-state index contributed by atoms with van der Waals surface area (Å²) in [5.74, 6) is 0.614. The van der Waals surface area contributed by atoms with E-state index in [-0.39, 0.29) is 10.9 Å². The number of piperidine rings is 1. The Morgan fingerprint density at radius 3 is 2.69 bits per heavy atom. The Labute approximate surface area is 212 Å². The van der Waals surface area contributed by atoms with Crippen molar-refractivity contribution in [2.75, 3.05) is 31.9 Å². The molecule has 0 aliphatic carbocycles. The predicted molar refractivity (Wildman–Crippen MR) is 146 cm³/mol. The number of nitrogens with one attached hydrogen (secondary N) is 2. The molecule has 1 saturated heterocycles. The zero-order valence-corrected chi connectivity index (χ0v) is 21.4. The van der Waals surface area contributed by atoms with Crippen molar-refractivity contribution in [1.82, 2.24) is 24.4 Å². The molecule has 0 amide bonds. The van der Waals surface area contributed by atoms with Crippen molar-refractivity contribution < 1.29 is 4.21 Å². The molecule has 192 valence electrons. The predicted octanol–water partition coefficient (Wildman–Crippen LogP) is 1.56. The van der Waals surface area contributed by atoms with Crippen molar-refractivity contribution in [2.24, 2.45) is 11.5 Å². The minimum absolute atomic E-state index is 0.272. The molecule has 9 nitrogen and oxygen atoms in total. The van der Waals surface area contributed by atoms with Gasteiger partial charge in [0.05, 0.1) is 11.2 Å². The molecule has 4 heterocycles. The first-order valence-electron chi connectivity index (χ1n) is 12.8. The average molecular weight is 510 g/mol. The summed E-state index contributed by atoms with van der Waals surface area (Å²) in [7, 11) is -0.851. The van der Waals surface area contributed by atoms with Crippen LogP contribution in [0.2, 0.25) is 0 Å². The summed E-state index contributed by atoms with van der Waals surface area (Å²) < 4.78 is 16.5. The molecule has 0 spiro atoms. The lowest BCUT2D eigenvalue weighted by Crippen LogP contribution is -2.34. The van der Waals surface area contributed by atoms with Gasteiger partial charge in [-0.1, -0.05) is 6.07 Å². The van der Waals surface area contributed by atoms with Gasteiger partial charge in [-0.25, -0.2) is 4.79 Å². The summed E-state index contributed by atoms with van der Waals surface area (Å²) in [5, 5.41) is 5.60. The summed E-state index contributed by atoms with van der Waals surface area (Å²) >= 11 is 0. The highest BCUT2D eigenvalue weighted by Crippen LogP contribution is 2.25. The van der Waals surface area contributed by atoms with Gasteiger partial charge in [-0.05, 0) is 82.0 Å². The van der Waals surface area contributed by atoms with E-state index in [2.05, 4.69) is 32.1 Å². The minimum atomic E-state index is -0.851. The minimum Gasteiger partial charge on any atom is -0.347 e. The lowest BCUT2D eigenvalue weighted by molar-refractivity contribution is 0.519. The van der Waals surface area contributed by atoms with Crippen molar-refractivity contribution in [1.29, 1.82) is 0 Å². The Kier molecular flexibility index (Phi) is 7.66. The summed E-state index contributed by atoms with van der Waals surface area (Å²) in [6.07, 6.45) is 8.26. The average Bonchev–Trinajstić information content (AvgIpc) is 3.46. The van der Waals surface area contributed by atoms with Crippen molar-refractivity contribution in [3.05, 3.63) is 58.4 Å². The highest BCUT2D eigenvalue weighted by Gasteiger charge is 2.19. The first-order chi connectivity index (χ1) is 17.6. The highest BCUT2D eigenvalue weighted by atomic mass is 32.2. The molecule has 3 aromatic heterocycles. The summed E-state index contributed by atoms with van der Waals surface area (Å²) in [4.78, 5) is 20.5. The van der Waals surface area contributed by atoms with Crippen molar-refractivity contribution >= 4 is 32.7 Å². The maximum atomic E-state index is 13.0. The number of aromatic nitrogens is 4. The number of H-pyrrole nitrogens is 1. The molecular weight excluding hydrogens is 474 g/mol. The summed E-state index contributed by atoms with van der Waals surface area (Å²) in [6, 6.07) is 8.07. The van der Waals surface area contributed by atoms with Crippen LogP contribution in [0.1, 0.15) is 30.5 Å². The standard InChI is InChI=1S/C26H35N7O2S/c27-8-1-12-32-16-18(4-9-28)23-3-2-21(15-24(23)32)33-17-19-14-20(30-25(19)31-26(33)34)7-13-36(35)22-5-10-29-11-6-22/h2-3,14-17,22,29H,1,4-13,27-28H2,(H,30,31,34). The SMILES string of the molecule is NCCCn1cc(CCN)c2ccc(-n3cc4cc(CCS(=O)C5CCNCC5)[nH]c4nc3=O)cc21. The van der Waals surface area contributed by atoms with Crippen LogP contribution in [0.4, 0.5) is 0 Å². The van der Waals surface area contributed by atoms with Gasteiger partial charge in [0, 0.05) is 57.2 Å². The molecule has 1 aliphatic rings. The first kappa shape index (κ1) is 24.9. The number of nitrogens with zero attached hydrogens (tertiary/aromatic N) is 3. The molecule has 10 heteroatoms. The van der Waals surface area contributed by atoms with E-state index in [0.717, 1.165) is 73.0 Å². The van der Waals surface area contributed by atoms with Gasteiger partial charge in [0.25, 0.3) is 0 Å². The topological polar surface area (TPSA) is 137 Å². The molecule has 1 aromatic carbocycles. The van der Waals surface area contributed by atoms with E-state index in [9.17, 15) is 9.00 Å². The van der Waals surface area contributed by atoms with Crippen LogP contribution in [0.25, 0.3) is 27.6 Å². The van der Waals surface area contributed by atoms with E-state index in [1.165, 1.54) is 5.56 Å². The molecule has 0 bridgehead atoms. The molecule has 4 aromatic rings. The number of rotatable bonds is 10. The molecule has 36 heavy (non-hydrogen) atoms. The number of fused-ring (bicyclic) bond motifs is 2. The molecular formula is C26H35N7O2S. The number of benzene rings is 1. The van der Waals surface area contributed by atoms with E-state index in [0.29, 0.717) is 30.9 Å². The first-order valence-corrected chi connectivity index (χ1v) is 14.2. The third-order valence-corrected chi connectivity index (χ3v) is 8.86. The largest absolute Gasteiger partial charge is 0.354 e. The van der Waals surface area contributed by atoms with Crippen molar-refractivity contribution in [3.8, 4) is 5.69 Å². The smallest absolute Gasteiger partial charge is 0.347 e. The molecule has 1 aliphatic heterocycles. The Balaban J connectivity index is 1.42. The second-order valence-corrected chi connectivity index (χ2v) is 11.3. The number of aryl methyl sites for hydroxylation is 2. The molecule has 5 rings (SSSR count). The molecule has 1 fully saturated rings. The Bertz CT molecular complexity index is 1430. The van der Waals surface area contributed by atoms with Gasteiger partial charge in [-0.15, -0.1) is 0 Å². The highest BCUT2D eigenvalue weighted by molar-refractivity contribution is 7.85. The normalized spacial score (nSPS) is 15.7. The van der Waals surface area contributed by atoms with Crippen molar-refractivity contribution in [3.63, 3.8) is 0 Å². The van der Waals surface area contributed by atoms with Gasteiger partial charge in [0.15, 0.2) is 0 Å². The van der Waals surface area contributed by atoms with Crippen LogP contribution in [0.15, 0.2) is 41.5 Å². The summed E-state index contributed by atoms with van der Waals surface area (Å²) in [5.41, 5.74) is 15.8. The van der Waals surface area contributed by atoms with Crippen LogP contribution >= 0.6 is 0 Å². The molecule has 0 saturated carbocycles. The van der Waals surface area contributed by atoms with Crippen LogP contribution in [-0.2, 0) is 30.2 Å². The molecule has 1 unspecified atom stereocenters. The van der Waals surface area contributed by atoms with Crippen LogP contribution in [0.5, 0.6) is 0 Å². The quantitative estimate of drug-likeness (QED) is 0.256. The lowest BCUT2D eigenvalue weighted by Gasteiger charge is -2.21. The number of aromatic amines is 1. The fourth-order valence-corrected chi connectivity index (χ4v) is 6.63. The second-order valence-electron chi connectivity index (χ2n) is 9.51. The van der Waals surface area contributed by atoms with Gasteiger partial charge < -0.3 is 26.3 Å². The van der Waals surface area contributed by atoms with Crippen LogP contribution in [-0.4, -0.2) is 60.5 Å². The van der Waals surface area contributed by atoms with Gasteiger partial charge >= 0.3 is 5.69 Å². The van der Waals surface area contributed by atoms with Gasteiger partial charge in [-0.2, -0.15) is 4.98 Å². The Morgan fingerprint density at radius 1 is 1.08 bits per heavy atom. The van der Waals surface area contributed by atoms with E-state index in [1.807, 2.05) is 24.4 Å². The zero-order chi connectivity index (χ0) is 25.1. The molecule has 1 atom stereocenters. The number of hydrogen-bond acceptors (Lipinski definition) is 6. The number of hydrogen-bond donors (Lipinski definition) is 4. The van der Waals surface area contributed by atoms with E-state index in [1.54, 1.807) is 4.57 Å². The maximum absolute atomic E-state index is 13.0. The number of nitrogens with two attached hydrogens (primary N) is 2. The van der Waals surface area contributed by atoms with Crippen LogP contribution in [0.3, 0.4) is 0 Å². The van der Waals surface area contributed by atoms with E-state index < -0.39 is 10.8 Å². The summed E-state index contributed by atoms with van der Waals surface area (Å²) in [6.45, 7) is 3.90. The van der Waals surface area contributed by atoms with Gasteiger partial charge in [-0.3, -0.25) is 8.78 Å². The maximum Gasteiger partial charge on any atom is 0.354 e. The fraction of sp³-hybridized carbons (Fsp3) is 0.462. The zero-order valence-electron chi connectivity index (χ0n) is 20.5. The Hall–Kier alpha value is -2.79. The van der Waals surface area contributed by atoms with Crippen LogP contribution in [0, 0.1) is 0 Å². The lowest BCUT2D eigenvalue weighted by atomic mass is 10.1. The van der Waals surface area contributed by atoms with Crippen LogP contribution < -0.4 is 22.5 Å². The van der Waals surface area contributed by atoms with Crippen molar-refractivity contribution in [2.45, 2.75) is 43.9 Å². The second kappa shape index (κ2) is 11.1. The monoisotopic (exact) mass is 509 g/mol. The van der Waals surface area contributed by atoms with Gasteiger partial charge in [0.2, 0.25) is 0 Å².